The molecular weight excluding hydrogens is 314 g/mol. The van der Waals surface area contributed by atoms with Crippen LogP contribution in [0, 0.1) is 0 Å². The quantitative estimate of drug-likeness (QED) is 0.784. The van der Waals surface area contributed by atoms with E-state index in [-0.39, 0.29) is 6.10 Å². The number of nitrogens with one attached hydrogen (secondary N) is 1. The van der Waals surface area contributed by atoms with Crippen molar-refractivity contribution in [3.8, 4) is 5.75 Å². The van der Waals surface area contributed by atoms with E-state index in [9.17, 15) is 0 Å². The van der Waals surface area contributed by atoms with E-state index in [0.29, 0.717) is 11.1 Å². The summed E-state index contributed by atoms with van der Waals surface area (Å²) < 4.78 is 6.77. The molecule has 0 aromatic heterocycles. The van der Waals surface area contributed by atoms with Gasteiger partial charge in [0.05, 0.1) is 5.02 Å². The summed E-state index contributed by atoms with van der Waals surface area (Å²) in [5.74, 6) is 0.734. The van der Waals surface area contributed by atoms with Crippen molar-refractivity contribution in [2.75, 3.05) is 6.54 Å². The first-order valence-electron chi connectivity index (χ1n) is 6.38. The van der Waals surface area contributed by atoms with Crippen LogP contribution in [0.1, 0.15) is 33.6 Å². The van der Waals surface area contributed by atoms with Crippen molar-refractivity contribution in [3.63, 3.8) is 0 Å². The van der Waals surface area contributed by atoms with E-state index in [0.717, 1.165) is 16.8 Å². The number of benzene rings is 1. The third-order valence-electron chi connectivity index (χ3n) is 2.70. The maximum Gasteiger partial charge on any atom is 0.138 e. The summed E-state index contributed by atoms with van der Waals surface area (Å²) in [5.41, 5.74) is 0. The Morgan fingerprint density at radius 3 is 2.72 bits per heavy atom. The highest BCUT2D eigenvalue weighted by molar-refractivity contribution is 9.10. The lowest BCUT2D eigenvalue weighted by Gasteiger charge is -2.19. The van der Waals surface area contributed by atoms with Crippen molar-refractivity contribution in [1.29, 1.82) is 0 Å². The van der Waals surface area contributed by atoms with Crippen LogP contribution in [0.5, 0.6) is 5.75 Å². The van der Waals surface area contributed by atoms with Crippen LogP contribution in [0.25, 0.3) is 0 Å². The fourth-order valence-electron chi connectivity index (χ4n) is 1.73. The molecule has 1 N–H and O–H groups in total. The van der Waals surface area contributed by atoms with Crippen LogP contribution in [-0.4, -0.2) is 18.7 Å². The third kappa shape index (κ3) is 5.59. The minimum absolute atomic E-state index is 0.1000. The summed E-state index contributed by atoms with van der Waals surface area (Å²) in [6, 6.07) is 6.19. The standard InChI is InChI=1S/C14H21BrClNO/c1-4-5-10(2)17-9-11(3)18-14-7-6-12(15)8-13(14)16/h6-8,10-11,17H,4-5,9H2,1-3H3. The van der Waals surface area contributed by atoms with Gasteiger partial charge in [0.1, 0.15) is 11.9 Å². The van der Waals surface area contributed by atoms with E-state index in [2.05, 4.69) is 35.1 Å². The van der Waals surface area contributed by atoms with Crippen molar-refractivity contribution in [2.45, 2.75) is 45.8 Å². The van der Waals surface area contributed by atoms with Crippen molar-refractivity contribution in [3.05, 3.63) is 27.7 Å². The zero-order valence-electron chi connectivity index (χ0n) is 11.2. The van der Waals surface area contributed by atoms with Gasteiger partial charge in [-0.1, -0.05) is 40.9 Å². The Morgan fingerprint density at radius 1 is 1.39 bits per heavy atom. The van der Waals surface area contributed by atoms with Crippen LogP contribution in [0.2, 0.25) is 5.02 Å². The Kier molecular flexibility index (Phi) is 7.05. The van der Waals surface area contributed by atoms with Crippen LogP contribution in [-0.2, 0) is 0 Å². The predicted octanol–water partition coefficient (Wildman–Crippen LogP) is 4.65. The second-order valence-electron chi connectivity index (χ2n) is 4.60. The molecule has 0 saturated heterocycles. The Labute approximate surface area is 123 Å². The number of hydrogen-bond acceptors (Lipinski definition) is 2. The second kappa shape index (κ2) is 8.03. The van der Waals surface area contributed by atoms with Crippen molar-refractivity contribution >= 4 is 27.5 Å². The van der Waals surface area contributed by atoms with Gasteiger partial charge in [0, 0.05) is 17.1 Å². The maximum atomic E-state index is 6.11. The fraction of sp³-hybridized carbons (Fsp3) is 0.571. The summed E-state index contributed by atoms with van der Waals surface area (Å²) in [7, 11) is 0. The normalized spacial score (nSPS) is 14.3. The van der Waals surface area contributed by atoms with Gasteiger partial charge in [-0.05, 0) is 38.5 Å². The highest BCUT2D eigenvalue weighted by Gasteiger charge is 2.09. The summed E-state index contributed by atoms with van der Waals surface area (Å²) in [6.07, 6.45) is 2.48. The molecule has 0 radical (unpaired) electrons. The van der Waals surface area contributed by atoms with Crippen molar-refractivity contribution < 1.29 is 4.74 Å². The van der Waals surface area contributed by atoms with Crippen LogP contribution in [0.3, 0.4) is 0 Å². The van der Waals surface area contributed by atoms with E-state index in [1.54, 1.807) is 0 Å². The molecule has 1 rings (SSSR count). The molecule has 102 valence electrons. The number of hydrogen-bond donors (Lipinski definition) is 1. The van der Waals surface area contributed by atoms with Gasteiger partial charge in [0.25, 0.3) is 0 Å². The van der Waals surface area contributed by atoms with Gasteiger partial charge in [0.15, 0.2) is 0 Å². The molecule has 0 fully saturated rings. The monoisotopic (exact) mass is 333 g/mol. The van der Waals surface area contributed by atoms with Crippen molar-refractivity contribution in [2.24, 2.45) is 0 Å². The molecule has 0 saturated carbocycles. The first-order chi connectivity index (χ1) is 8.52. The Bertz CT molecular complexity index is 373. The molecule has 2 nitrogen and oxygen atoms in total. The second-order valence-corrected chi connectivity index (χ2v) is 5.92. The lowest BCUT2D eigenvalue weighted by molar-refractivity contribution is 0.211. The zero-order valence-corrected chi connectivity index (χ0v) is 13.5. The number of halogens is 2. The van der Waals surface area contributed by atoms with Gasteiger partial charge in [-0.25, -0.2) is 0 Å². The van der Waals surface area contributed by atoms with Crippen molar-refractivity contribution in [1.82, 2.24) is 5.32 Å². The minimum Gasteiger partial charge on any atom is -0.488 e. The highest BCUT2D eigenvalue weighted by Crippen LogP contribution is 2.28. The van der Waals surface area contributed by atoms with E-state index < -0.39 is 0 Å². The molecule has 0 aliphatic heterocycles. The van der Waals surface area contributed by atoms with Crippen LogP contribution in [0.4, 0.5) is 0 Å². The zero-order chi connectivity index (χ0) is 13.5. The van der Waals surface area contributed by atoms with E-state index in [1.165, 1.54) is 12.8 Å². The van der Waals surface area contributed by atoms with E-state index in [1.807, 2.05) is 25.1 Å². The average Bonchev–Trinajstić information content (AvgIpc) is 2.31. The molecule has 0 heterocycles. The van der Waals surface area contributed by atoms with E-state index >= 15 is 0 Å². The summed E-state index contributed by atoms with van der Waals surface area (Å²) in [5, 5.41) is 4.09. The Balaban J connectivity index is 2.42. The SMILES string of the molecule is CCCC(C)NCC(C)Oc1ccc(Br)cc1Cl. The van der Waals surface area contributed by atoms with Crippen LogP contribution < -0.4 is 10.1 Å². The fourth-order valence-corrected chi connectivity index (χ4v) is 2.45. The molecule has 1 aromatic carbocycles. The summed E-state index contributed by atoms with van der Waals surface area (Å²) in [6.45, 7) is 7.26. The van der Waals surface area contributed by atoms with Gasteiger partial charge >= 0.3 is 0 Å². The van der Waals surface area contributed by atoms with E-state index in [4.69, 9.17) is 16.3 Å². The molecule has 0 aliphatic carbocycles. The summed E-state index contributed by atoms with van der Waals surface area (Å²) in [4.78, 5) is 0. The Morgan fingerprint density at radius 2 is 2.11 bits per heavy atom. The van der Waals surface area contributed by atoms with Gasteiger partial charge in [0.2, 0.25) is 0 Å². The van der Waals surface area contributed by atoms with Gasteiger partial charge in [-0.3, -0.25) is 0 Å². The molecule has 1 aromatic rings. The topological polar surface area (TPSA) is 21.3 Å². The first-order valence-corrected chi connectivity index (χ1v) is 7.55. The Hall–Kier alpha value is -0.250. The highest BCUT2D eigenvalue weighted by atomic mass is 79.9. The molecule has 0 aliphatic rings. The predicted molar refractivity (Wildman–Crippen MR) is 81.6 cm³/mol. The largest absolute Gasteiger partial charge is 0.488 e. The van der Waals surface area contributed by atoms with Gasteiger partial charge in [-0.15, -0.1) is 0 Å². The van der Waals surface area contributed by atoms with Gasteiger partial charge in [-0.2, -0.15) is 0 Å². The lowest BCUT2D eigenvalue weighted by Crippen LogP contribution is -2.35. The lowest BCUT2D eigenvalue weighted by atomic mass is 10.2. The molecule has 2 atom stereocenters. The third-order valence-corrected chi connectivity index (χ3v) is 3.49. The smallest absolute Gasteiger partial charge is 0.138 e. The average molecular weight is 335 g/mol. The first kappa shape index (κ1) is 15.8. The molecule has 0 amide bonds. The molecule has 18 heavy (non-hydrogen) atoms. The summed E-state index contributed by atoms with van der Waals surface area (Å²) >= 11 is 9.49. The van der Waals surface area contributed by atoms with Crippen LogP contribution >= 0.6 is 27.5 Å². The maximum absolute atomic E-state index is 6.11. The van der Waals surface area contributed by atoms with Crippen LogP contribution in [0.15, 0.2) is 22.7 Å². The molecular formula is C14H21BrClNO. The minimum atomic E-state index is 0.1000. The molecule has 2 unspecified atom stereocenters. The number of ether oxygens (including phenoxy) is 1. The molecule has 4 heteroatoms. The molecule has 0 bridgehead atoms. The number of rotatable bonds is 7. The molecule has 0 spiro atoms. The van der Waals surface area contributed by atoms with Gasteiger partial charge < -0.3 is 10.1 Å².